The quantitative estimate of drug-likeness (QED) is 0.699. The van der Waals surface area contributed by atoms with Crippen LogP contribution in [0, 0.1) is 13.8 Å². The molecule has 168 valence electrons. The highest BCUT2D eigenvalue weighted by molar-refractivity contribution is 7.89. The summed E-state index contributed by atoms with van der Waals surface area (Å²) < 4.78 is 33.8. The molecule has 1 atom stereocenters. The van der Waals surface area contributed by atoms with Crippen LogP contribution in [0.15, 0.2) is 47.4 Å². The molecule has 7 heteroatoms. The zero-order valence-electron chi connectivity index (χ0n) is 18.6. The Balaban J connectivity index is 1.69. The minimum Gasteiger partial charge on any atom is -0.491 e. The molecule has 1 fully saturated rings. The topological polar surface area (TPSA) is 75.7 Å². The summed E-state index contributed by atoms with van der Waals surface area (Å²) in [6.45, 7) is 6.99. The van der Waals surface area contributed by atoms with Crippen molar-refractivity contribution in [3.8, 4) is 5.75 Å². The Morgan fingerprint density at radius 1 is 1.03 bits per heavy atom. The second kappa shape index (κ2) is 10.3. The van der Waals surface area contributed by atoms with E-state index in [9.17, 15) is 13.2 Å². The first-order chi connectivity index (χ1) is 14.8. The summed E-state index contributed by atoms with van der Waals surface area (Å²) in [6.07, 6.45) is 3.85. The molecular weight excluding hydrogens is 412 g/mol. The van der Waals surface area contributed by atoms with Crippen molar-refractivity contribution in [1.82, 2.24) is 9.62 Å². The van der Waals surface area contributed by atoms with Crippen molar-refractivity contribution >= 4 is 15.9 Å². The van der Waals surface area contributed by atoms with Crippen molar-refractivity contribution in [3.05, 3.63) is 59.2 Å². The van der Waals surface area contributed by atoms with E-state index >= 15 is 0 Å². The smallest absolute Gasteiger partial charge is 0.251 e. The minimum atomic E-state index is -3.62. The first-order valence-electron chi connectivity index (χ1n) is 10.9. The number of carbonyl (C=O) groups is 1. The number of hydrogen-bond donors (Lipinski definition) is 1. The van der Waals surface area contributed by atoms with E-state index in [-0.39, 0.29) is 16.8 Å². The van der Waals surface area contributed by atoms with Crippen LogP contribution in [0.2, 0.25) is 0 Å². The molecule has 1 unspecified atom stereocenters. The van der Waals surface area contributed by atoms with Crippen molar-refractivity contribution < 1.29 is 17.9 Å². The summed E-state index contributed by atoms with van der Waals surface area (Å²) in [5.41, 5.74) is 2.02. The maximum Gasteiger partial charge on any atom is 0.251 e. The lowest BCUT2D eigenvalue weighted by Gasteiger charge is -2.22. The molecule has 0 aromatic heterocycles. The van der Waals surface area contributed by atoms with Gasteiger partial charge in [-0.3, -0.25) is 4.79 Å². The van der Waals surface area contributed by atoms with Crippen LogP contribution in [0.3, 0.4) is 0 Å². The standard InChI is InChI=1S/C24H32N2O4S/c1-18-10-6-7-11-22(18)30-17-20(3)25-24(27)21-13-12-19(2)23(16-21)31(28,29)26-14-8-4-5-9-15-26/h6-7,10-13,16,20H,4-5,8-9,14-15,17H2,1-3H3,(H,25,27). The Bertz CT molecular complexity index is 1010. The van der Waals surface area contributed by atoms with E-state index < -0.39 is 10.0 Å². The minimum absolute atomic E-state index is 0.214. The molecule has 6 nitrogen and oxygen atoms in total. The number of sulfonamides is 1. The molecule has 1 saturated heterocycles. The predicted molar refractivity (Wildman–Crippen MR) is 122 cm³/mol. The Hall–Kier alpha value is -2.38. The highest BCUT2D eigenvalue weighted by Crippen LogP contribution is 2.24. The fourth-order valence-electron chi connectivity index (χ4n) is 3.72. The van der Waals surface area contributed by atoms with E-state index in [1.165, 1.54) is 6.07 Å². The molecule has 1 amide bonds. The number of para-hydroxylation sites is 1. The van der Waals surface area contributed by atoms with Crippen LogP contribution < -0.4 is 10.1 Å². The lowest BCUT2D eigenvalue weighted by Crippen LogP contribution is -2.37. The summed E-state index contributed by atoms with van der Waals surface area (Å²) >= 11 is 0. The van der Waals surface area contributed by atoms with Crippen LogP contribution in [-0.2, 0) is 10.0 Å². The molecule has 0 bridgehead atoms. The summed E-state index contributed by atoms with van der Waals surface area (Å²) in [6, 6.07) is 12.3. The molecule has 0 saturated carbocycles. The van der Waals surface area contributed by atoms with Crippen LogP contribution in [0.5, 0.6) is 5.75 Å². The average Bonchev–Trinajstić information content (AvgIpc) is 3.03. The second-order valence-electron chi connectivity index (χ2n) is 8.25. The van der Waals surface area contributed by atoms with Gasteiger partial charge in [-0.05, 0) is 62.9 Å². The Kier molecular flexibility index (Phi) is 7.73. The average molecular weight is 445 g/mol. The lowest BCUT2D eigenvalue weighted by molar-refractivity contribution is 0.0926. The van der Waals surface area contributed by atoms with Gasteiger partial charge in [-0.2, -0.15) is 4.31 Å². The number of benzene rings is 2. The monoisotopic (exact) mass is 444 g/mol. The number of aryl methyl sites for hydroxylation is 2. The first-order valence-corrected chi connectivity index (χ1v) is 12.3. The molecule has 2 aromatic carbocycles. The fraction of sp³-hybridized carbons (Fsp3) is 0.458. The summed E-state index contributed by atoms with van der Waals surface area (Å²) in [4.78, 5) is 13.0. The van der Waals surface area contributed by atoms with Gasteiger partial charge in [0.25, 0.3) is 5.91 Å². The van der Waals surface area contributed by atoms with E-state index in [1.54, 1.807) is 23.4 Å². The summed E-state index contributed by atoms with van der Waals surface area (Å²) in [5, 5.41) is 2.90. The zero-order chi connectivity index (χ0) is 22.4. The summed E-state index contributed by atoms with van der Waals surface area (Å²) in [7, 11) is -3.62. The lowest BCUT2D eigenvalue weighted by atomic mass is 10.1. The highest BCUT2D eigenvalue weighted by Gasteiger charge is 2.27. The number of nitrogens with one attached hydrogen (secondary N) is 1. The molecule has 1 aliphatic heterocycles. The number of amides is 1. The second-order valence-corrected chi connectivity index (χ2v) is 10.2. The van der Waals surface area contributed by atoms with Crippen LogP contribution in [0.4, 0.5) is 0 Å². The van der Waals surface area contributed by atoms with E-state index in [0.717, 1.165) is 37.0 Å². The third kappa shape index (κ3) is 5.86. The zero-order valence-corrected chi connectivity index (χ0v) is 19.4. The fourth-order valence-corrected chi connectivity index (χ4v) is 5.49. The van der Waals surface area contributed by atoms with E-state index in [2.05, 4.69) is 5.32 Å². The molecule has 1 heterocycles. The predicted octanol–water partition coefficient (Wildman–Crippen LogP) is 4.07. The SMILES string of the molecule is Cc1ccccc1OCC(C)NC(=O)c1ccc(C)c(S(=O)(=O)N2CCCCCC2)c1. The van der Waals surface area contributed by atoms with E-state index in [0.29, 0.717) is 30.8 Å². The third-order valence-electron chi connectivity index (χ3n) is 5.59. The van der Waals surface area contributed by atoms with Gasteiger partial charge in [0.05, 0.1) is 10.9 Å². The molecule has 2 aromatic rings. The van der Waals surface area contributed by atoms with Crippen molar-refractivity contribution in [2.24, 2.45) is 0 Å². The molecule has 3 rings (SSSR count). The van der Waals surface area contributed by atoms with Gasteiger partial charge in [0, 0.05) is 18.7 Å². The third-order valence-corrected chi connectivity index (χ3v) is 7.63. The Labute approximate surface area is 185 Å². The first kappa shape index (κ1) is 23.3. The maximum atomic E-state index is 13.2. The van der Waals surface area contributed by atoms with Crippen LogP contribution in [0.1, 0.15) is 54.1 Å². The number of hydrogen-bond acceptors (Lipinski definition) is 4. The number of nitrogens with zero attached hydrogens (tertiary/aromatic N) is 1. The molecule has 1 aliphatic rings. The van der Waals surface area contributed by atoms with Gasteiger partial charge >= 0.3 is 0 Å². The molecule has 0 aliphatic carbocycles. The van der Waals surface area contributed by atoms with Gasteiger partial charge in [-0.1, -0.05) is 37.1 Å². The molecule has 0 spiro atoms. The normalized spacial score (nSPS) is 16.4. The molecular formula is C24H32N2O4S. The van der Waals surface area contributed by atoms with Crippen molar-refractivity contribution in [2.75, 3.05) is 19.7 Å². The highest BCUT2D eigenvalue weighted by atomic mass is 32.2. The largest absolute Gasteiger partial charge is 0.491 e. The van der Waals surface area contributed by atoms with Gasteiger partial charge in [0.2, 0.25) is 10.0 Å². The van der Waals surface area contributed by atoms with Gasteiger partial charge in [-0.25, -0.2) is 8.42 Å². The van der Waals surface area contributed by atoms with Crippen LogP contribution in [-0.4, -0.2) is 44.4 Å². The van der Waals surface area contributed by atoms with Gasteiger partial charge in [0.15, 0.2) is 0 Å². The number of rotatable bonds is 7. The van der Waals surface area contributed by atoms with E-state index in [1.807, 2.05) is 38.1 Å². The molecule has 0 radical (unpaired) electrons. The van der Waals surface area contributed by atoms with Crippen LogP contribution in [0.25, 0.3) is 0 Å². The van der Waals surface area contributed by atoms with Gasteiger partial charge < -0.3 is 10.1 Å². The van der Waals surface area contributed by atoms with Crippen molar-refractivity contribution in [2.45, 2.75) is 57.4 Å². The van der Waals surface area contributed by atoms with Crippen molar-refractivity contribution in [3.63, 3.8) is 0 Å². The summed E-state index contributed by atoms with van der Waals surface area (Å²) in [5.74, 6) is 0.470. The van der Waals surface area contributed by atoms with Gasteiger partial charge in [-0.15, -0.1) is 0 Å². The molecule has 1 N–H and O–H groups in total. The van der Waals surface area contributed by atoms with E-state index in [4.69, 9.17) is 4.74 Å². The molecule has 31 heavy (non-hydrogen) atoms. The van der Waals surface area contributed by atoms with Gasteiger partial charge in [0.1, 0.15) is 12.4 Å². The number of carbonyl (C=O) groups excluding carboxylic acids is 1. The van der Waals surface area contributed by atoms with Crippen LogP contribution >= 0.6 is 0 Å². The maximum absolute atomic E-state index is 13.2. The Morgan fingerprint density at radius 2 is 1.71 bits per heavy atom. The Morgan fingerprint density at radius 3 is 2.39 bits per heavy atom. The number of ether oxygens (including phenoxy) is 1. The van der Waals surface area contributed by atoms with Crippen molar-refractivity contribution in [1.29, 1.82) is 0 Å².